The lowest BCUT2D eigenvalue weighted by atomic mass is 9.97. The van der Waals surface area contributed by atoms with E-state index in [4.69, 9.17) is 4.43 Å². The molecular weight excluding hydrogens is 268 g/mol. The van der Waals surface area contributed by atoms with Crippen LogP contribution in [0.1, 0.15) is 54.4 Å². The van der Waals surface area contributed by atoms with Gasteiger partial charge in [0.2, 0.25) is 0 Å². The number of Topliss-reactive ketones (excluding diaryl/α,β-unsaturated/α-hetero) is 1. The Kier molecular flexibility index (Phi) is 4.95. The third kappa shape index (κ3) is 4.67. The lowest BCUT2D eigenvalue weighted by Crippen LogP contribution is -2.46. The van der Waals surface area contributed by atoms with E-state index in [2.05, 4.69) is 33.9 Å². The summed E-state index contributed by atoms with van der Waals surface area (Å²) in [5.41, 5.74) is -0.753. The van der Waals surface area contributed by atoms with Crippen LogP contribution < -0.4 is 0 Å². The van der Waals surface area contributed by atoms with Gasteiger partial charge in [0.25, 0.3) is 0 Å². The molecule has 0 heterocycles. The molecule has 118 valence electrons. The van der Waals surface area contributed by atoms with Gasteiger partial charge >= 0.3 is 0 Å². The summed E-state index contributed by atoms with van der Waals surface area (Å²) in [7, 11) is -1.88. The van der Waals surface area contributed by atoms with Gasteiger partial charge in [-0.1, -0.05) is 20.8 Å². The monoisotopic (exact) mass is 300 g/mol. The zero-order valence-corrected chi connectivity index (χ0v) is 15.4. The second-order valence-corrected chi connectivity index (χ2v) is 13.3. The molecule has 0 aromatic carbocycles. The minimum Gasteiger partial charge on any atom is -0.414 e. The van der Waals surface area contributed by atoms with Gasteiger partial charge < -0.3 is 9.53 Å². The number of carbonyl (C=O) groups excluding carboxylic acids is 1. The minimum absolute atomic E-state index is 0.00444. The summed E-state index contributed by atoms with van der Waals surface area (Å²) in [6, 6.07) is 0. The fourth-order valence-electron chi connectivity index (χ4n) is 2.42. The van der Waals surface area contributed by atoms with Crippen LogP contribution in [-0.2, 0) is 9.22 Å². The predicted octanol–water partition coefficient (Wildman–Crippen LogP) is 3.76. The summed E-state index contributed by atoms with van der Waals surface area (Å²) >= 11 is 0. The van der Waals surface area contributed by atoms with Crippen LogP contribution in [0.3, 0.4) is 0 Å². The molecule has 1 saturated carbocycles. The van der Waals surface area contributed by atoms with Gasteiger partial charge in [-0.25, -0.2) is 0 Å². The maximum absolute atomic E-state index is 11.5. The van der Waals surface area contributed by atoms with Crippen LogP contribution >= 0.6 is 0 Å². The zero-order chi connectivity index (χ0) is 15.9. The average molecular weight is 301 g/mol. The highest BCUT2D eigenvalue weighted by atomic mass is 28.4. The SMILES string of the molecule is CC(=O)[C@@H]1C[C@H]1[C@H](CC(C)(C)O)O[Si](C)(C)C(C)(C)C. The van der Waals surface area contributed by atoms with Gasteiger partial charge in [0.05, 0.1) is 11.7 Å². The van der Waals surface area contributed by atoms with E-state index in [-0.39, 0.29) is 22.8 Å². The number of rotatable bonds is 6. The molecular formula is C16H32O3Si. The molecule has 20 heavy (non-hydrogen) atoms. The molecule has 0 aromatic rings. The van der Waals surface area contributed by atoms with E-state index in [0.29, 0.717) is 12.3 Å². The number of hydrogen-bond acceptors (Lipinski definition) is 3. The van der Waals surface area contributed by atoms with Crippen molar-refractivity contribution in [3.8, 4) is 0 Å². The van der Waals surface area contributed by atoms with Gasteiger partial charge in [-0.2, -0.15) is 0 Å². The zero-order valence-electron chi connectivity index (χ0n) is 14.4. The first-order valence-corrected chi connectivity index (χ1v) is 10.6. The summed E-state index contributed by atoms with van der Waals surface area (Å²) < 4.78 is 6.51. The minimum atomic E-state index is -1.88. The van der Waals surface area contributed by atoms with Crippen molar-refractivity contribution >= 4 is 14.1 Å². The van der Waals surface area contributed by atoms with Crippen LogP contribution in [0.25, 0.3) is 0 Å². The van der Waals surface area contributed by atoms with Crippen LogP contribution in [0.2, 0.25) is 18.1 Å². The van der Waals surface area contributed by atoms with E-state index in [0.717, 1.165) is 6.42 Å². The molecule has 1 rings (SSSR count). The van der Waals surface area contributed by atoms with Gasteiger partial charge in [-0.05, 0) is 51.2 Å². The molecule has 1 N–H and O–H groups in total. The Bertz CT molecular complexity index is 363. The molecule has 0 radical (unpaired) electrons. The van der Waals surface area contributed by atoms with Crippen LogP contribution in [0.5, 0.6) is 0 Å². The molecule has 0 aromatic heterocycles. The van der Waals surface area contributed by atoms with Crippen molar-refractivity contribution in [1.82, 2.24) is 0 Å². The molecule has 0 aliphatic heterocycles. The molecule has 4 heteroatoms. The largest absolute Gasteiger partial charge is 0.414 e. The second-order valence-electron chi connectivity index (χ2n) is 8.55. The Morgan fingerprint density at radius 3 is 2.10 bits per heavy atom. The quantitative estimate of drug-likeness (QED) is 0.760. The maximum Gasteiger partial charge on any atom is 0.192 e. The fourth-order valence-corrected chi connectivity index (χ4v) is 3.79. The predicted molar refractivity (Wildman–Crippen MR) is 85.3 cm³/mol. The molecule has 3 atom stereocenters. The van der Waals surface area contributed by atoms with Gasteiger partial charge in [0.1, 0.15) is 5.78 Å². The smallest absolute Gasteiger partial charge is 0.192 e. The maximum atomic E-state index is 11.5. The van der Waals surface area contributed by atoms with Crippen molar-refractivity contribution in [1.29, 1.82) is 0 Å². The lowest BCUT2D eigenvalue weighted by molar-refractivity contribution is -0.118. The Morgan fingerprint density at radius 2 is 1.80 bits per heavy atom. The van der Waals surface area contributed by atoms with Crippen molar-refractivity contribution in [3.63, 3.8) is 0 Å². The average Bonchev–Trinajstić information content (AvgIpc) is 2.90. The Balaban J connectivity index is 2.83. The molecule has 0 bridgehead atoms. The van der Waals surface area contributed by atoms with Crippen LogP contribution in [0.4, 0.5) is 0 Å². The van der Waals surface area contributed by atoms with E-state index >= 15 is 0 Å². The summed E-state index contributed by atoms with van der Waals surface area (Å²) in [5.74, 6) is 0.703. The Labute approximate surface area is 125 Å². The first-order valence-electron chi connectivity index (χ1n) is 7.65. The highest BCUT2D eigenvalue weighted by Gasteiger charge is 2.50. The molecule has 0 unspecified atom stereocenters. The highest BCUT2D eigenvalue weighted by molar-refractivity contribution is 6.74. The first kappa shape index (κ1) is 17.9. The molecule has 3 nitrogen and oxygen atoms in total. The number of hydrogen-bond donors (Lipinski definition) is 1. The summed E-state index contributed by atoms with van der Waals surface area (Å²) in [4.78, 5) is 11.5. The normalized spacial score (nSPS) is 25.4. The van der Waals surface area contributed by atoms with Crippen LogP contribution in [-0.4, -0.2) is 30.9 Å². The van der Waals surface area contributed by atoms with E-state index in [9.17, 15) is 9.90 Å². The summed E-state index contributed by atoms with van der Waals surface area (Å²) in [6.45, 7) is 16.4. The van der Waals surface area contributed by atoms with Crippen LogP contribution in [0, 0.1) is 11.8 Å². The topological polar surface area (TPSA) is 46.5 Å². The van der Waals surface area contributed by atoms with E-state index in [1.54, 1.807) is 6.92 Å². The Hall–Kier alpha value is -0.193. The summed E-state index contributed by atoms with van der Waals surface area (Å²) in [5, 5.41) is 10.3. The Morgan fingerprint density at radius 1 is 1.30 bits per heavy atom. The highest BCUT2D eigenvalue weighted by Crippen LogP contribution is 2.48. The van der Waals surface area contributed by atoms with Crippen molar-refractivity contribution in [3.05, 3.63) is 0 Å². The lowest BCUT2D eigenvalue weighted by Gasteiger charge is -2.40. The third-order valence-electron chi connectivity index (χ3n) is 4.79. The van der Waals surface area contributed by atoms with E-state index in [1.807, 2.05) is 13.8 Å². The number of ketones is 1. The van der Waals surface area contributed by atoms with Gasteiger partial charge in [-0.3, -0.25) is 4.79 Å². The van der Waals surface area contributed by atoms with Crippen molar-refractivity contribution in [2.45, 2.75) is 84.2 Å². The van der Waals surface area contributed by atoms with Crippen molar-refractivity contribution < 1.29 is 14.3 Å². The van der Waals surface area contributed by atoms with Gasteiger partial charge in [-0.15, -0.1) is 0 Å². The molecule has 0 amide bonds. The number of carbonyl (C=O) groups is 1. The second kappa shape index (κ2) is 5.54. The van der Waals surface area contributed by atoms with Crippen LogP contribution in [0.15, 0.2) is 0 Å². The molecule has 1 aliphatic rings. The first-order chi connectivity index (χ1) is 8.74. The molecule has 0 saturated heterocycles. The molecule has 0 spiro atoms. The third-order valence-corrected chi connectivity index (χ3v) is 9.30. The van der Waals surface area contributed by atoms with Gasteiger partial charge in [0, 0.05) is 12.3 Å². The van der Waals surface area contributed by atoms with Crippen molar-refractivity contribution in [2.75, 3.05) is 0 Å². The van der Waals surface area contributed by atoms with Crippen molar-refractivity contribution in [2.24, 2.45) is 11.8 Å². The van der Waals surface area contributed by atoms with Gasteiger partial charge in [0.15, 0.2) is 8.32 Å². The number of aliphatic hydroxyl groups is 1. The fraction of sp³-hybridized carbons (Fsp3) is 0.938. The standard InChI is InChI=1S/C16H32O3Si/c1-11(17)12-9-13(12)14(10-16(5,6)18)19-20(7,8)15(2,3)4/h12-14,18H,9-10H2,1-8H3/t12-,13+,14-/m0/s1. The van der Waals surface area contributed by atoms with E-state index in [1.165, 1.54) is 0 Å². The molecule has 1 aliphatic carbocycles. The van der Waals surface area contributed by atoms with E-state index < -0.39 is 13.9 Å². The summed E-state index contributed by atoms with van der Waals surface area (Å²) in [6.07, 6.45) is 1.53. The molecule has 1 fully saturated rings.